The van der Waals surface area contributed by atoms with Gasteiger partial charge < -0.3 is 38.7 Å². The second-order valence-corrected chi connectivity index (χ2v) is 12.0. The van der Waals surface area contributed by atoms with Crippen LogP contribution < -0.4 is 44.6 Å². The molecule has 260 valence electrons. The fraction of sp³-hybridized carbons (Fsp3) is 0.438. The minimum atomic E-state index is -1.09. The van der Waals surface area contributed by atoms with E-state index in [1.807, 2.05) is 12.1 Å². The van der Waals surface area contributed by atoms with Gasteiger partial charge in [-0.1, -0.05) is 66.6 Å². The lowest BCUT2D eigenvalue weighted by molar-refractivity contribution is -0.142. The number of aryl methyl sites for hydroxylation is 1. The third-order valence-electron chi connectivity index (χ3n) is 7.81. The van der Waals surface area contributed by atoms with Gasteiger partial charge in [-0.2, -0.15) is 0 Å². The Hall–Kier alpha value is -4.73. The molecule has 1 heterocycles. The number of nitrogens with one attached hydrogen (secondary N) is 3. The Balaban J connectivity index is 1.36. The number of benzene rings is 1. The highest BCUT2D eigenvalue weighted by molar-refractivity contribution is 6.31. The number of nitrogens with two attached hydrogens (primary N) is 5. The van der Waals surface area contributed by atoms with Gasteiger partial charge in [-0.25, -0.2) is 14.8 Å². The molecule has 1 aliphatic carbocycles. The smallest absolute Gasteiger partial charge is 0.326 e. The highest BCUT2D eigenvalue weighted by Crippen LogP contribution is 2.33. The van der Waals surface area contributed by atoms with Crippen LogP contribution in [-0.4, -0.2) is 64.2 Å². The molecular formula is C32H46ClN11O4. The van der Waals surface area contributed by atoms with Gasteiger partial charge in [0.05, 0.1) is 0 Å². The number of hydrogen-bond donors (Lipinski definition) is 9. The molecule has 0 fully saturated rings. The molecule has 48 heavy (non-hydrogen) atoms. The first kappa shape index (κ1) is 37.7. The number of carbonyl (C=O) groups is 3. The van der Waals surface area contributed by atoms with E-state index in [0.29, 0.717) is 31.8 Å². The van der Waals surface area contributed by atoms with E-state index in [0.717, 1.165) is 24.8 Å². The standard InChI is InChI=1S/C32H46ClN11O4/c1-18-17-20(5-2-3-15-40-32(38)44-29(46)25-27(34)43-28(35)26(33)42-25)9-13-22(18)21-11-7-19(8-12-21)10-14-24(45)41-23(30(47)48)6-4-16-39-31(36)37/h7-9,11-13,17-18,22-23,32,40H,2-6,10,14-16,38H2,1H3,(H,41,45)(H,44,46)(H,47,48)(H4,34,35,43)(H4,36,37,39)/t18?,22?,23-,32?/m0/s1. The summed E-state index contributed by atoms with van der Waals surface area (Å²) in [5.41, 5.74) is 31.1. The summed E-state index contributed by atoms with van der Waals surface area (Å²) in [5, 5.41) is 17.5. The summed E-state index contributed by atoms with van der Waals surface area (Å²) >= 11 is 5.84. The van der Waals surface area contributed by atoms with Crippen LogP contribution in [0.15, 0.2) is 53.1 Å². The van der Waals surface area contributed by atoms with Crippen molar-refractivity contribution in [3.05, 3.63) is 70.0 Å². The van der Waals surface area contributed by atoms with Crippen molar-refractivity contribution in [2.24, 2.45) is 28.1 Å². The predicted molar refractivity (Wildman–Crippen MR) is 187 cm³/mol. The predicted octanol–water partition coefficient (Wildman–Crippen LogP) is 1.50. The van der Waals surface area contributed by atoms with Crippen molar-refractivity contribution in [1.29, 1.82) is 0 Å². The van der Waals surface area contributed by atoms with Crippen molar-refractivity contribution in [2.75, 3.05) is 24.6 Å². The van der Waals surface area contributed by atoms with Gasteiger partial charge in [-0.3, -0.25) is 25.6 Å². The molecule has 15 nitrogen and oxygen atoms in total. The number of aliphatic imine (C=N–C) groups is 1. The van der Waals surface area contributed by atoms with Crippen LogP contribution in [0.4, 0.5) is 11.6 Å². The van der Waals surface area contributed by atoms with Crippen LogP contribution in [0.2, 0.25) is 5.15 Å². The first-order valence-electron chi connectivity index (χ1n) is 15.8. The topological polar surface area (TPSA) is 276 Å². The maximum absolute atomic E-state index is 12.4. The maximum atomic E-state index is 12.4. The number of hydrogen-bond acceptors (Lipinski definition) is 10. The summed E-state index contributed by atoms with van der Waals surface area (Å²) in [7, 11) is 0. The Labute approximate surface area is 284 Å². The Morgan fingerprint density at radius 2 is 1.75 bits per heavy atom. The SMILES string of the molecule is CC1C=C(CCCCNC(N)NC(=O)c2nc(Cl)c(N)nc2N)C=CC1c1ccc(CCC(=O)N[C@@H](CCCN=C(N)N)C(=O)O)cc1. The molecular weight excluding hydrogens is 638 g/mol. The number of anilines is 2. The van der Waals surface area contributed by atoms with Gasteiger partial charge in [0.15, 0.2) is 28.4 Å². The third kappa shape index (κ3) is 12.1. The highest BCUT2D eigenvalue weighted by atomic mass is 35.5. The molecule has 1 aromatic heterocycles. The van der Waals surface area contributed by atoms with Crippen molar-refractivity contribution < 1.29 is 19.5 Å². The number of unbranched alkanes of at least 4 members (excludes halogenated alkanes) is 1. The number of guanidine groups is 1. The number of rotatable bonds is 18. The largest absolute Gasteiger partial charge is 0.480 e. The van der Waals surface area contributed by atoms with Crippen LogP contribution in [-0.2, 0) is 16.0 Å². The zero-order valence-electron chi connectivity index (χ0n) is 27.0. The van der Waals surface area contributed by atoms with Crippen molar-refractivity contribution in [1.82, 2.24) is 25.9 Å². The molecule has 16 heteroatoms. The molecule has 0 aliphatic heterocycles. The minimum absolute atomic E-state index is 0.0522. The number of nitrogen functional groups attached to an aromatic ring is 2. The number of halogens is 1. The van der Waals surface area contributed by atoms with E-state index in [1.54, 1.807) is 0 Å². The van der Waals surface area contributed by atoms with Crippen LogP contribution in [0.25, 0.3) is 0 Å². The molecule has 0 bridgehead atoms. The Kier molecular flexibility index (Phi) is 14.6. The van der Waals surface area contributed by atoms with Gasteiger partial charge in [0.25, 0.3) is 5.91 Å². The minimum Gasteiger partial charge on any atom is -0.480 e. The van der Waals surface area contributed by atoms with Gasteiger partial charge in [-0.15, -0.1) is 0 Å². The molecule has 0 saturated heterocycles. The number of allylic oxidation sites excluding steroid dienone is 4. The number of amides is 2. The van der Waals surface area contributed by atoms with E-state index in [9.17, 15) is 19.5 Å². The number of aromatic nitrogens is 2. The van der Waals surface area contributed by atoms with E-state index in [2.05, 4.69) is 68.2 Å². The molecule has 14 N–H and O–H groups in total. The molecule has 3 unspecified atom stereocenters. The van der Waals surface area contributed by atoms with Crippen LogP contribution in [0, 0.1) is 5.92 Å². The van der Waals surface area contributed by atoms with Crippen molar-refractivity contribution >= 4 is 47.0 Å². The normalized spacial score (nSPS) is 16.8. The van der Waals surface area contributed by atoms with Crippen LogP contribution in [0.1, 0.15) is 73.0 Å². The Bertz CT molecular complexity index is 1510. The lowest BCUT2D eigenvalue weighted by Crippen LogP contribution is -2.52. The first-order chi connectivity index (χ1) is 22.8. The molecule has 2 amide bonds. The van der Waals surface area contributed by atoms with E-state index in [-0.39, 0.29) is 53.1 Å². The van der Waals surface area contributed by atoms with Gasteiger partial charge >= 0.3 is 5.97 Å². The van der Waals surface area contributed by atoms with Gasteiger partial charge in [-0.05, 0) is 62.1 Å². The number of carbonyl (C=O) groups excluding carboxylic acids is 2. The molecule has 4 atom stereocenters. The van der Waals surface area contributed by atoms with Gasteiger partial charge in [0, 0.05) is 18.9 Å². The lowest BCUT2D eigenvalue weighted by atomic mass is 9.81. The number of carboxylic acid groups (broad SMARTS) is 1. The quantitative estimate of drug-likeness (QED) is 0.0468. The molecule has 1 aliphatic rings. The van der Waals surface area contributed by atoms with Crippen LogP contribution in [0.3, 0.4) is 0 Å². The summed E-state index contributed by atoms with van der Waals surface area (Å²) in [4.78, 5) is 47.8. The molecule has 2 aromatic rings. The van der Waals surface area contributed by atoms with E-state index < -0.39 is 24.2 Å². The Morgan fingerprint density at radius 3 is 2.42 bits per heavy atom. The second-order valence-electron chi connectivity index (χ2n) is 11.6. The highest BCUT2D eigenvalue weighted by Gasteiger charge is 2.21. The molecule has 1 aromatic carbocycles. The summed E-state index contributed by atoms with van der Waals surface area (Å²) in [5.74, 6) is -1.72. The molecule has 3 rings (SSSR count). The maximum Gasteiger partial charge on any atom is 0.326 e. The summed E-state index contributed by atoms with van der Waals surface area (Å²) in [6.07, 6.45) is 9.92. The zero-order chi connectivity index (χ0) is 35.2. The monoisotopic (exact) mass is 683 g/mol. The third-order valence-corrected chi connectivity index (χ3v) is 8.09. The summed E-state index contributed by atoms with van der Waals surface area (Å²) in [6, 6.07) is 7.20. The van der Waals surface area contributed by atoms with Crippen molar-refractivity contribution in [2.45, 2.75) is 70.1 Å². The van der Waals surface area contributed by atoms with Gasteiger partial charge in [0.2, 0.25) is 5.91 Å². The number of aliphatic carboxylic acids is 1. The number of nitrogens with zero attached hydrogens (tertiary/aromatic N) is 3. The average molecular weight is 684 g/mol. The zero-order valence-corrected chi connectivity index (χ0v) is 27.7. The fourth-order valence-electron chi connectivity index (χ4n) is 5.25. The fourth-order valence-corrected chi connectivity index (χ4v) is 5.38. The van der Waals surface area contributed by atoms with Crippen LogP contribution in [0.5, 0.6) is 0 Å². The van der Waals surface area contributed by atoms with Crippen LogP contribution >= 0.6 is 11.6 Å². The average Bonchev–Trinajstić information content (AvgIpc) is 3.03. The van der Waals surface area contributed by atoms with E-state index in [4.69, 9.17) is 40.3 Å². The second kappa shape index (κ2) is 18.6. The summed E-state index contributed by atoms with van der Waals surface area (Å²) in [6.45, 7) is 3.09. The van der Waals surface area contributed by atoms with Gasteiger partial charge in [0.1, 0.15) is 12.3 Å². The summed E-state index contributed by atoms with van der Waals surface area (Å²) < 4.78 is 0. The van der Waals surface area contributed by atoms with E-state index >= 15 is 0 Å². The number of carboxylic acids is 1. The lowest BCUT2D eigenvalue weighted by Gasteiger charge is -2.24. The first-order valence-corrected chi connectivity index (χ1v) is 16.2. The molecule has 0 spiro atoms. The molecule has 0 saturated carbocycles. The molecule has 0 radical (unpaired) electrons. The van der Waals surface area contributed by atoms with E-state index in [1.165, 1.54) is 11.1 Å². The van der Waals surface area contributed by atoms with Crippen molar-refractivity contribution in [3.63, 3.8) is 0 Å². The van der Waals surface area contributed by atoms with Crippen molar-refractivity contribution in [3.8, 4) is 0 Å². The Morgan fingerprint density at radius 1 is 1.02 bits per heavy atom.